The van der Waals surface area contributed by atoms with E-state index in [1.807, 2.05) is 18.2 Å². The van der Waals surface area contributed by atoms with Gasteiger partial charge in [-0.2, -0.15) is 0 Å². The van der Waals surface area contributed by atoms with Crippen molar-refractivity contribution in [3.63, 3.8) is 0 Å². The lowest BCUT2D eigenvalue weighted by molar-refractivity contribution is -0.917. The van der Waals surface area contributed by atoms with Crippen molar-refractivity contribution < 1.29 is 27.9 Å². The first-order chi connectivity index (χ1) is 14.0. The molecule has 0 radical (unpaired) electrons. The Balaban J connectivity index is 1.48. The lowest BCUT2D eigenvalue weighted by atomic mass is 10.1. The summed E-state index contributed by atoms with van der Waals surface area (Å²) in [6.07, 6.45) is 0. The molecule has 5 nitrogen and oxygen atoms in total. The normalized spacial score (nSPS) is 14.7. The Morgan fingerprint density at radius 2 is 1.79 bits per heavy atom. The molecule has 1 aliphatic rings. The molecule has 0 spiro atoms. The van der Waals surface area contributed by atoms with Crippen molar-refractivity contribution in [2.45, 2.75) is 11.4 Å². The lowest BCUT2D eigenvalue weighted by Gasteiger charge is -2.32. The third kappa shape index (κ3) is 5.61. The van der Waals surface area contributed by atoms with Crippen LogP contribution in [0.15, 0.2) is 41.3 Å². The van der Waals surface area contributed by atoms with E-state index in [1.165, 1.54) is 4.90 Å². The molecule has 1 amide bonds. The molecule has 0 bridgehead atoms. The molecule has 29 heavy (non-hydrogen) atoms. The topological polar surface area (TPSA) is 43.2 Å². The van der Waals surface area contributed by atoms with Gasteiger partial charge in [-0.05, 0) is 36.4 Å². The zero-order valence-electron chi connectivity index (χ0n) is 16.5. The van der Waals surface area contributed by atoms with Crippen molar-refractivity contribution in [3.05, 3.63) is 53.6 Å². The molecule has 1 heterocycles. The Bertz CT molecular complexity index is 858. The van der Waals surface area contributed by atoms with E-state index in [0.29, 0.717) is 24.6 Å². The van der Waals surface area contributed by atoms with Gasteiger partial charge in [0.2, 0.25) is 5.91 Å². The molecule has 0 aromatic heterocycles. The molecule has 2 aromatic rings. The largest absolute Gasteiger partial charge is 0.493 e. The first kappa shape index (κ1) is 21.4. The molecule has 0 atom stereocenters. The second-order valence-corrected chi connectivity index (χ2v) is 7.88. The van der Waals surface area contributed by atoms with Crippen LogP contribution >= 0.6 is 11.8 Å². The highest BCUT2D eigenvalue weighted by molar-refractivity contribution is 8.00. The van der Waals surface area contributed by atoms with Gasteiger partial charge in [0, 0.05) is 10.5 Å². The number of rotatable bonds is 7. The Morgan fingerprint density at radius 1 is 1.07 bits per heavy atom. The quantitative estimate of drug-likeness (QED) is 0.692. The summed E-state index contributed by atoms with van der Waals surface area (Å²) in [5.74, 6) is 0.449. The van der Waals surface area contributed by atoms with Gasteiger partial charge in [0.05, 0.1) is 46.2 Å². The third-order valence-electron chi connectivity index (χ3n) is 4.97. The van der Waals surface area contributed by atoms with Gasteiger partial charge in [0.1, 0.15) is 18.2 Å². The average Bonchev–Trinajstić information content (AvgIpc) is 2.74. The maximum atomic E-state index is 13.7. The molecule has 8 heteroatoms. The Morgan fingerprint density at radius 3 is 2.48 bits per heavy atom. The van der Waals surface area contributed by atoms with Crippen LogP contribution in [0.2, 0.25) is 0 Å². The minimum atomic E-state index is -0.506. The number of amides is 1. The minimum Gasteiger partial charge on any atom is -0.493 e. The van der Waals surface area contributed by atoms with Crippen molar-refractivity contribution in [2.24, 2.45) is 0 Å². The van der Waals surface area contributed by atoms with E-state index >= 15 is 0 Å². The number of ether oxygens (including phenoxy) is 2. The molecule has 0 saturated carbocycles. The number of halogens is 2. The fourth-order valence-corrected chi connectivity index (χ4v) is 4.21. The van der Waals surface area contributed by atoms with Gasteiger partial charge in [0.15, 0.2) is 11.5 Å². The number of carbonyl (C=O) groups is 1. The molecule has 1 fully saturated rings. The number of benzene rings is 2. The van der Waals surface area contributed by atoms with Crippen LogP contribution in [0.25, 0.3) is 0 Å². The summed E-state index contributed by atoms with van der Waals surface area (Å²) < 4.78 is 37.6. The van der Waals surface area contributed by atoms with Gasteiger partial charge < -0.3 is 19.3 Å². The first-order valence-corrected chi connectivity index (χ1v) is 10.4. The molecule has 1 aliphatic heterocycles. The van der Waals surface area contributed by atoms with Crippen LogP contribution < -0.4 is 14.4 Å². The van der Waals surface area contributed by atoms with Gasteiger partial charge in [-0.15, -0.1) is 11.8 Å². The molecule has 156 valence electrons. The molecule has 2 aromatic carbocycles. The van der Waals surface area contributed by atoms with Crippen LogP contribution in [0.3, 0.4) is 0 Å². The smallest absolute Gasteiger partial charge is 0.233 e. The van der Waals surface area contributed by atoms with Crippen molar-refractivity contribution in [2.75, 3.05) is 46.2 Å². The van der Waals surface area contributed by atoms with Gasteiger partial charge >= 0.3 is 0 Å². The van der Waals surface area contributed by atoms with Crippen LogP contribution in [-0.4, -0.2) is 57.0 Å². The van der Waals surface area contributed by atoms with Crippen LogP contribution in [0.1, 0.15) is 5.56 Å². The number of thioether (sulfide) groups is 1. The molecule has 0 aliphatic carbocycles. The summed E-state index contributed by atoms with van der Waals surface area (Å²) >= 11 is 1.04. The molecular formula is C21H25F2N2O3S+. The number of hydrogen-bond acceptors (Lipinski definition) is 4. The first-order valence-electron chi connectivity index (χ1n) is 9.40. The summed E-state index contributed by atoms with van der Waals surface area (Å²) in [6.45, 7) is 3.80. The van der Waals surface area contributed by atoms with Gasteiger partial charge in [-0.1, -0.05) is 0 Å². The minimum absolute atomic E-state index is 0.0520. The van der Waals surface area contributed by atoms with Crippen molar-refractivity contribution in [1.82, 2.24) is 4.90 Å². The van der Waals surface area contributed by atoms with E-state index in [2.05, 4.69) is 0 Å². The standard InChI is InChI=1S/C21H24F2N2O3S/c1-27-18-6-3-15(11-19(18)28-2)13-24-7-9-25(10-8-24)21(26)14-29-20-12-16(22)4-5-17(20)23/h3-6,11-12H,7-10,13-14H2,1-2H3/p+1. The summed E-state index contributed by atoms with van der Waals surface area (Å²) in [7, 11) is 3.23. The van der Waals surface area contributed by atoms with Crippen LogP contribution in [-0.2, 0) is 11.3 Å². The van der Waals surface area contributed by atoms with E-state index in [9.17, 15) is 13.6 Å². The van der Waals surface area contributed by atoms with E-state index < -0.39 is 11.6 Å². The second-order valence-electron chi connectivity index (χ2n) is 6.86. The lowest BCUT2D eigenvalue weighted by Crippen LogP contribution is -3.13. The maximum absolute atomic E-state index is 13.7. The maximum Gasteiger partial charge on any atom is 0.233 e. The Labute approximate surface area is 173 Å². The zero-order chi connectivity index (χ0) is 20.8. The number of carbonyl (C=O) groups excluding carboxylic acids is 1. The number of methoxy groups -OCH3 is 2. The molecule has 1 N–H and O–H groups in total. The fourth-order valence-electron chi connectivity index (χ4n) is 3.35. The number of nitrogens with zero attached hydrogens (tertiary/aromatic N) is 1. The van der Waals surface area contributed by atoms with Gasteiger partial charge in [0.25, 0.3) is 0 Å². The predicted octanol–water partition coefficient (Wildman–Crippen LogP) is 2.00. The van der Waals surface area contributed by atoms with E-state index in [4.69, 9.17) is 9.47 Å². The summed E-state index contributed by atoms with van der Waals surface area (Å²) in [5, 5.41) is 0. The van der Waals surface area contributed by atoms with Gasteiger partial charge in [-0.3, -0.25) is 4.79 Å². The second kappa shape index (κ2) is 9.93. The number of quaternary nitrogens is 1. The highest BCUT2D eigenvalue weighted by Crippen LogP contribution is 2.27. The SMILES string of the molecule is COc1ccc(C[NH+]2CCN(C(=O)CSc3cc(F)ccc3F)CC2)cc1OC. The Kier molecular flexibility index (Phi) is 7.33. The molecule has 1 saturated heterocycles. The van der Waals surface area contributed by atoms with E-state index in [0.717, 1.165) is 55.2 Å². The highest BCUT2D eigenvalue weighted by Gasteiger charge is 2.24. The van der Waals surface area contributed by atoms with Crippen molar-refractivity contribution >= 4 is 17.7 Å². The molecular weight excluding hydrogens is 398 g/mol. The highest BCUT2D eigenvalue weighted by atomic mass is 32.2. The van der Waals surface area contributed by atoms with Crippen molar-refractivity contribution in [3.8, 4) is 11.5 Å². The Hall–Kier alpha value is -2.32. The average molecular weight is 424 g/mol. The van der Waals surface area contributed by atoms with E-state index in [-0.39, 0.29) is 16.6 Å². The van der Waals surface area contributed by atoms with Crippen molar-refractivity contribution in [1.29, 1.82) is 0 Å². The fraction of sp³-hybridized carbons (Fsp3) is 0.381. The summed E-state index contributed by atoms with van der Waals surface area (Å²) in [4.78, 5) is 15.8. The van der Waals surface area contributed by atoms with Crippen LogP contribution in [0, 0.1) is 11.6 Å². The third-order valence-corrected chi connectivity index (χ3v) is 5.98. The predicted molar refractivity (Wildman–Crippen MR) is 108 cm³/mol. The summed E-state index contributed by atoms with van der Waals surface area (Å²) in [5.41, 5.74) is 1.15. The van der Waals surface area contributed by atoms with E-state index in [1.54, 1.807) is 19.1 Å². The molecule has 0 unspecified atom stereocenters. The summed E-state index contributed by atoms with van der Waals surface area (Å²) in [6, 6.07) is 9.18. The monoisotopic (exact) mass is 423 g/mol. The zero-order valence-corrected chi connectivity index (χ0v) is 17.4. The van der Waals surface area contributed by atoms with Crippen LogP contribution in [0.5, 0.6) is 11.5 Å². The molecule has 3 rings (SSSR count). The number of piperazine rings is 1. The van der Waals surface area contributed by atoms with Crippen LogP contribution in [0.4, 0.5) is 8.78 Å². The number of nitrogens with one attached hydrogen (secondary N) is 1. The van der Waals surface area contributed by atoms with Gasteiger partial charge in [-0.25, -0.2) is 8.78 Å². The number of hydrogen-bond donors (Lipinski definition) is 1.